The molecule has 0 amide bonds. The average molecular weight is 565 g/mol. The zero-order valence-electron chi connectivity index (χ0n) is 21.1. The fraction of sp³-hybridized carbons (Fsp3) is 0.148. The number of aryl methyl sites for hydroxylation is 1. The van der Waals surface area contributed by atoms with Gasteiger partial charge in [0.05, 0.1) is 58.3 Å². The Labute approximate surface area is 227 Å². The van der Waals surface area contributed by atoms with Gasteiger partial charge in [-0.05, 0) is 49.2 Å². The maximum Gasteiger partial charge on any atom is 0.235 e. The lowest BCUT2D eigenvalue weighted by Crippen LogP contribution is -2.26. The zero-order chi connectivity index (χ0) is 28.2. The molecule has 5 aromatic rings. The van der Waals surface area contributed by atoms with Gasteiger partial charge in [-0.1, -0.05) is 6.07 Å². The lowest BCUT2D eigenvalue weighted by atomic mass is 10.2. The van der Waals surface area contributed by atoms with Crippen molar-refractivity contribution < 1.29 is 26.7 Å². The van der Waals surface area contributed by atoms with Gasteiger partial charge in [0.1, 0.15) is 5.82 Å². The number of ether oxygens (including phenoxy) is 1. The van der Waals surface area contributed by atoms with Crippen LogP contribution in [0, 0.1) is 18.6 Å². The highest BCUT2D eigenvalue weighted by Crippen LogP contribution is 2.34. The molecular weight excluding hydrogens is 542 g/mol. The number of anilines is 2. The summed E-state index contributed by atoms with van der Waals surface area (Å²) in [7, 11) is -3.62. The Morgan fingerprint density at radius 3 is 2.65 bits per heavy atom. The van der Waals surface area contributed by atoms with Gasteiger partial charge in [-0.25, -0.2) is 26.9 Å². The van der Waals surface area contributed by atoms with Gasteiger partial charge < -0.3 is 15.0 Å². The molecule has 0 radical (unpaired) electrons. The molecule has 13 heteroatoms. The molecule has 1 aliphatic heterocycles. The Morgan fingerprint density at radius 2 is 1.93 bits per heavy atom. The summed E-state index contributed by atoms with van der Waals surface area (Å²) in [4.78, 5) is 16.2. The maximum absolute atomic E-state index is 15.0. The van der Waals surface area contributed by atoms with Crippen molar-refractivity contribution in [1.82, 2.24) is 19.3 Å². The van der Waals surface area contributed by atoms with Gasteiger partial charge in [-0.3, -0.25) is 9.10 Å². The third kappa shape index (κ3) is 4.24. The van der Waals surface area contributed by atoms with Crippen molar-refractivity contribution in [3.8, 4) is 23.0 Å². The summed E-state index contributed by atoms with van der Waals surface area (Å²) in [5.74, 6) is -1.32. The number of hydrogen-bond acceptors (Lipinski definition) is 7. The number of nitrogens with zero attached hydrogens (tertiary/aromatic N) is 5. The molecule has 1 fully saturated rings. The monoisotopic (exact) mass is 564 g/mol. The summed E-state index contributed by atoms with van der Waals surface area (Å²) in [5, 5.41) is 4.84. The summed E-state index contributed by atoms with van der Waals surface area (Å²) in [5.41, 5.74) is 7.96. The van der Waals surface area contributed by atoms with Crippen LogP contribution in [-0.4, -0.2) is 46.3 Å². The third-order valence-corrected chi connectivity index (χ3v) is 8.58. The number of nitrogen functional groups attached to an aromatic ring is 1. The minimum Gasteiger partial charge on any atom is -0.436 e. The van der Waals surface area contributed by atoms with E-state index in [2.05, 4.69) is 10.1 Å². The summed E-state index contributed by atoms with van der Waals surface area (Å²) in [6.07, 6.45) is 5.72. The highest BCUT2D eigenvalue weighted by atomic mass is 32.2. The van der Waals surface area contributed by atoms with Crippen LogP contribution in [0.4, 0.5) is 20.2 Å². The van der Waals surface area contributed by atoms with Crippen LogP contribution in [0.2, 0.25) is 0 Å². The van der Waals surface area contributed by atoms with Gasteiger partial charge in [0.25, 0.3) is 0 Å². The van der Waals surface area contributed by atoms with E-state index in [0.717, 1.165) is 4.31 Å². The number of hydrogen-bond donors (Lipinski definition) is 1. The number of carbonyl (C=O) groups is 1. The first-order valence-corrected chi connectivity index (χ1v) is 13.8. The van der Waals surface area contributed by atoms with Gasteiger partial charge in [0.15, 0.2) is 17.9 Å². The second kappa shape index (κ2) is 9.45. The largest absolute Gasteiger partial charge is 0.436 e. The van der Waals surface area contributed by atoms with Crippen LogP contribution in [0.1, 0.15) is 22.5 Å². The number of rotatable bonds is 6. The van der Waals surface area contributed by atoms with E-state index in [0.29, 0.717) is 40.5 Å². The number of aromatic nitrogens is 4. The molecular formula is C27H22F2N6O4S. The SMILES string of the molecule is Cc1cc(Oc2cccc(N)c2F)ncc1-n1cc(-n2c(C=O)cc3cc(F)c(N4CCCS4(=O)=O)cc32)cn1. The predicted molar refractivity (Wildman–Crippen MR) is 145 cm³/mol. The van der Waals surface area contributed by atoms with E-state index in [1.54, 1.807) is 29.8 Å². The Morgan fingerprint density at radius 1 is 1.10 bits per heavy atom. The number of carbonyl (C=O) groups excluding carboxylic acids is 1. The number of nitrogens with two attached hydrogens (primary N) is 1. The van der Waals surface area contributed by atoms with E-state index in [-0.39, 0.29) is 41.0 Å². The summed E-state index contributed by atoms with van der Waals surface area (Å²) >= 11 is 0. The van der Waals surface area contributed by atoms with Crippen LogP contribution < -0.4 is 14.8 Å². The van der Waals surface area contributed by atoms with Gasteiger partial charge in [-0.2, -0.15) is 5.10 Å². The van der Waals surface area contributed by atoms with E-state index < -0.39 is 21.7 Å². The van der Waals surface area contributed by atoms with Crippen LogP contribution in [0.15, 0.2) is 61.1 Å². The molecule has 10 nitrogen and oxygen atoms in total. The molecule has 6 rings (SSSR count). The molecule has 0 saturated carbocycles. The first-order valence-electron chi connectivity index (χ1n) is 12.2. The summed E-state index contributed by atoms with van der Waals surface area (Å²) in [6, 6.07) is 10.2. The van der Waals surface area contributed by atoms with Crippen molar-refractivity contribution >= 4 is 38.6 Å². The Bertz CT molecular complexity index is 1920. The number of pyridine rings is 1. The molecule has 204 valence electrons. The summed E-state index contributed by atoms with van der Waals surface area (Å²) in [6.45, 7) is 1.98. The standard InChI is InChI=1S/C27H22F2N6O4S/c1-16-8-26(39-25-5-2-4-21(30)27(25)29)31-13-24(16)33-14-19(12-32-33)35-18(15-36)9-17-10-20(28)23(11-22(17)35)34-6-3-7-40(34,37)38/h2,4-5,8-15H,3,6-7,30H2,1H3. The smallest absolute Gasteiger partial charge is 0.235 e. The highest BCUT2D eigenvalue weighted by Gasteiger charge is 2.31. The average Bonchev–Trinajstić information content (AvgIpc) is 3.62. The first-order chi connectivity index (χ1) is 19.2. The topological polar surface area (TPSA) is 125 Å². The molecule has 3 aromatic heterocycles. The molecule has 2 aromatic carbocycles. The fourth-order valence-electron chi connectivity index (χ4n) is 4.81. The van der Waals surface area contributed by atoms with Crippen LogP contribution in [0.25, 0.3) is 22.3 Å². The number of benzene rings is 2. The molecule has 1 aliphatic rings. The zero-order valence-corrected chi connectivity index (χ0v) is 21.9. The third-order valence-electron chi connectivity index (χ3n) is 6.73. The van der Waals surface area contributed by atoms with E-state index in [4.69, 9.17) is 10.5 Å². The van der Waals surface area contributed by atoms with Gasteiger partial charge in [-0.15, -0.1) is 0 Å². The van der Waals surface area contributed by atoms with Crippen molar-refractivity contribution in [3.05, 3.63) is 83.9 Å². The fourth-order valence-corrected chi connectivity index (χ4v) is 6.37. The van der Waals surface area contributed by atoms with E-state index in [1.807, 2.05) is 0 Å². The highest BCUT2D eigenvalue weighted by molar-refractivity contribution is 7.93. The van der Waals surface area contributed by atoms with Crippen LogP contribution in [0.5, 0.6) is 11.6 Å². The second-order valence-electron chi connectivity index (χ2n) is 9.34. The predicted octanol–water partition coefficient (Wildman–Crippen LogP) is 4.52. The van der Waals surface area contributed by atoms with Crippen molar-refractivity contribution in [2.24, 2.45) is 0 Å². The minimum absolute atomic E-state index is 0.0425. The van der Waals surface area contributed by atoms with Gasteiger partial charge in [0.2, 0.25) is 15.9 Å². The number of sulfonamides is 1. The lowest BCUT2D eigenvalue weighted by molar-refractivity contribution is 0.111. The molecule has 40 heavy (non-hydrogen) atoms. The van der Waals surface area contributed by atoms with Crippen LogP contribution >= 0.6 is 0 Å². The molecule has 0 aliphatic carbocycles. The Hall–Kier alpha value is -4.78. The van der Waals surface area contributed by atoms with Crippen LogP contribution in [-0.2, 0) is 10.0 Å². The normalized spacial score (nSPS) is 14.6. The molecule has 0 atom stereocenters. The Kier molecular flexibility index (Phi) is 6.02. The van der Waals surface area contributed by atoms with Crippen LogP contribution in [0.3, 0.4) is 0 Å². The lowest BCUT2D eigenvalue weighted by Gasteiger charge is -2.18. The first kappa shape index (κ1) is 25.5. The number of halogens is 2. The minimum atomic E-state index is -3.62. The van der Waals surface area contributed by atoms with Gasteiger partial charge >= 0.3 is 0 Å². The van der Waals surface area contributed by atoms with Crippen molar-refractivity contribution in [3.63, 3.8) is 0 Å². The number of aldehydes is 1. The molecule has 0 unspecified atom stereocenters. The second-order valence-corrected chi connectivity index (χ2v) is 11.4. The maximum atomic E-state index is 15.0. The molecule has 4 heterocycles. The van der Waals surface area contributed by atoms with Crippen molar-refractivity contribution in [1.29, 1.82) is 0 Å². The van der Waals surface area contributed by atoms with Crippen molar-refractivity contribution in [2.45, 2.75) is 13.3 Å². The molecule has 0 spiro atoms. The Balaban J connectivity index is 1.37. The van der Waals surface area contributed by atoms with E-state index in [9.17, 15) is 22.0 Å². The van der Waals surface area contributed by atoms with Crippen molar-refractivity contribution in [2.75, 3.05) is 22.3 Å². The summed E-state index contributed by atoms with van der Waals surface area (Å²) < 4.78 is 63.9. The molecule has 1 saturated heterocycles. The number of fused-ring (bicyclic) bond motifs is 1. The van der Waals surface area contributed by atoms with Gasteiger partial charge in [0, 0.05) is 18.0 Å². The molecule has 2 N–H and O–H groups in total. The molecule has 0 bridgehead atoms. The quantitative estimate of drug-likeness (QED) is 0.237. The van der Waals surface area contributed by atoms with E-state index >= 15 is 0 Å². The van der Waals surface area contributed by atoms with E-state index in [1.165, 1.54) is 47.4 Å².